The Morgan fingerprint density at radius 3 is 2.88 bits per heavy atom. The van der Waals surface area contributed by atoms with E-state index in [1.807, 2.05) is 0 Å². The number of anilines is 1. The van der Waals surface area contributed by atoms with Crippen molar-refractivity contribution < 1.29 is 14.1 Å². The van der Waals surface area contributed by atoms with Crippen molar-refractivity contribution in [1.82, 2.24) is 19.6 Å². The largest absolute Gasteiger partial charge is 0.320 e. The Hall–Kier alpha value is -3.56. The molecule has 0 aliphatic heterocycles. The molecule has 0 radical (unpaired) electrons. The summed E-state index contributed by atoms with van der Waals surface area (Å²) in [4.78, 5) is 22.8. The highest BCUT2D eigenvalue weighted by atomic mass is 19.1. The Kier molecular flexibility index (Phi) is 4.25. The smallest absolute Gasteiger partial charge is 0.305 e. The minimum absolute atomic E-state index is 0.232. The summed E-state index contributed by atoms with van der Waals surface area (Å²) in [6, 6.07) is 7.14. The number of hydrogen-bond acceptors (Lipinski definition) is 5. The lowest BCUT2D eigenvalue weighted by molar-refractivity contribution is -0.385. The van der Waals surface area contributed by atoms with Crippen LogP contribution in [0, 0.1) is 15.9 Å². The average Bonchev–Trinajstić information content (AvgIpc) is 3.21. The summed E-state index contributed by atoms with van der Waals surface area (Å²) in [7, 11) is 0. The second-order valence-corrected chi connectivity index (χ2v) is 5.04. The van der Waals surface area contributed by atoms with Gasteiger partial charge >= 0.3 is 5.69 Å². The third kappa shape index (κ3) is 3.22. The second kappa shape index (κ2) is 6.51. The van der Waals surface area contributed by atoms with Gasteiger partial charge < -0.3 is 5.32 Å². The fourth-order valence-electron chi connectivity index (χ4n) is 2.26. The number of hydrogen-bond donors (Lipinski definition) is 1. The first-order valence-electron chi connectivity index (χ1n) is 7.32. The van der Waals surface area contributed by atoms with Crippen LogP contribution in [0.4, 0.5) is 15.9 Å². The van der Waals surface area contributed by atoms with E-state index in [9.17, 15) is 19.3 Å². The van der Waals surface area contributed by atoms with Gasteiger partial charge in [-0.05, 0) is 25.1 Å². The summed E-state index contributed by atoms with van der Waals surface area (Å²) in [5, 5.41) is 21.6. The average molecular weight is 344 g/mol. The van der Waals surface area contributed by atoms with Gasteiger partial charge in [-0.3, -0.25) is 19.6 Å². The number of carbonyl (C=O) groups excluding carboxylic acids is 1. The van der Waals surface area contributed by atoms with Gasteiger partial charge in [-0.25, -0.2) is 9.07 Å². The number of amides is 1. The molecule has 1 N–H and O–H groups in total. The number of nitro groups is 1. The van der Waals surface area contributed by atoms with Crippen LogP contribution in [-0.4, -0.2) is 30.4 Å². The maximum Gasteiger partial charge on any atom is 0.320 e. The van der Waals surface area contributed by atoms with E-state index >= 15 is 0 Å². The zero-order valence-electron chi connectivity index (χ0n) is 13.1. The monoisotopic (exact) mass is 344 g/mol. The van der Waals surface area contributed by atoms with Crippen molar-refractivity contribution in [2.45, 2.75) is 13.5 Å². The Morgan fingerprint density at radius 1 is 1.40 bits per heavy atom. The Morgan fingerprint density at radius 2 is 2.20 bits per heavy atom. The highest BCUT2D eigenvalue weighted by Gasteiger charge is 2.26. The first-order valence-corrected chi connectivity index (χ1v) is 7.32. The highest BCUT2D eigenvalue weighted by Crippen LogP contribution is 2.20. The van der Waals surface area contributed by atoms with Crippen LogP contribution in [-0.2, 0) is 6.54 Å². The van der Waals surface area contributed by atoms with Crippen molar-refractivity contribution in [3.8, 4) is 5.69 Å². The molecule has 0 fully saturated rings. The first kappa shape index (κ1) is 16.3. The molecular formula is C15H13FN6O3. The number of halogens is 1. The number of carbonyl (C=O) groups is 1. The van der Waals surface area contributed by atoms with Crippen LogP contribution in [0.3, 0.4) is 0 Å². The number of benzene rings is 1. The van der Waals surface area contributed by atoms with E-state index in [-0.39, 0.29) is 11.5 Å². The zero-order chi connectivity index (χ0) is 18.0. The quantitative estimate of drug-likeness (QED) is 0.565. The molecule has 3 rings (SSSR count). The van der Waals surface area contributed by atoms with Gasteiger partial charge in [-0.15, -0.1) is 0 Å². The standard InChI is InChI=1S/C15H13FN6O3/c1-2-20-9-12(22(24)25)14(19-20)15(23)18-13-6-7-17-21(13)11-5-3-4-10(16)8-11/h3-9H,2H2,1H3,(H,18,23). The molecule has 25 heavy (non-hydrogen) atoms. The molecule has 9 nitrogen and oxygen atoms in total. The summed E-state index contributed by atoms with van der Waals surface area (Å²) in [5.74, 6) is -0.976. The SMILES string of the molecule is CCn1cc([N+](=O)[O-])c(C(=O)Nc2ccnn2-c2cccc(F)c2)n1. The predicted octanol–water partition coefficient (Wildman–Crippen LogP) is 2.39. The molecule has 1 amide bonds. The molecular weight excluding hydrogens is 331 g/mol. The topological polar surface area (TPSA) is 108 Å². The highest BCUT2D eigenvalue weighted by molar-refractivity contribution is 6.05. The van der Waals surface area contributed by atoms with Crippen molar-refractivity contribution in [2.75, 3.05) is 5.32 Å². The van der Waals surface area contributed by atoms with E-state index in [4.69, 9.17) is 0 Å². The molecule has 0 saturated carbocycles. The number of nitrogens with zero attached hydrogens (tertiary/aromatic N) is 5. The molecule has 10 heteroatoms. The minimum atomic E-state index is -0.753. The van der Waals surface area contributed by atoms with E-state index in [0.29, 0.717) is 12.2 Å². The third-order valence-corrected chi connectivity index (χ3v) is 3.42. The summed E-state index contributed by atoms with van der Waals surface area (Å²) in [5.41, 5.74) is -0.302. The van der Waals surface area contributed by atoms with Gasteiger partial charge in [0.1, 0.15) is 17.8 Å². The van der Waals surface area contributed by atoms with Crippen LogP contribution in [0.2, 0.25) is 0 Å². The zero-order valence-corrected chi connectivity index (χ0v) is 13.1. The van der Waals surface area contributed by atoms with Gasteiger partial charge in [0.15, 0.2) is 0 Å². The van der Waals surface area contributed by atoms with Crippen LogP contribution in [0.15, 0.2) is 42.7 Å². The minimum Gasteiger partial charge on any atom is -0.305 e. The molecule has 2 heterocycles. The number of rotatable bonds is 5. The van der Waals surface area contributed by atoms with E-state index in [1.54, 1.807) is 13.0 Å². The predicted molar refractivity (Wildman–Crippen MR) is 86.0 cm³/mol. The summed E-state index contributed by atoms with van der Waals surface area (Å²) in [6.07, 6.45) is 2.61. The van der Waals surface area contributed by atoms with E-state index in [2.05, 4.69) is 15.5 Å². The van der Waals surface area contributed by atoms with Gasteiger partial charge in [0.25, 0.3) is 5.91 Å². The van der Waals surface area contributed by atoms with Gasteiger partial charge in [-0.2, -0.15) is 10.2 Å². The molecule has 0 spiro atoms. The van der Waals surface area contributed by atoms with Crippen molar-refractivity contribution in [3.05, 3.63) is 64.4 Å². The molecule has 0 atom stereocenters. The van der Waals surface area contributed by atoms with Crippen LogP contribution in [0.5, 0.6) is 0 Å². The summed E-state index contributed by atoms with van der Waals surface area (Å²) >= 11 is 0. The van der Waals surface area contributed by atoms with E-state index < -0.39 is 22.3 Å². The maximum atomic E-state index is 13.4. The fraction of sp³-hybridized carbons (Fsp3) is 0.133. The van der Waals surface area contributed by atoms with Crippen molar-refractivity contribution >= 4 is 17.4 Å². The lowest BCUT2D eigenvalue weighted by atomic mass is 10.3. The summed E-state index contributed by atoms with van der Waals surface area (Å²) in [6.45, 7) is 2.13. The first-order chi connectivity index (χ1) is 12.0. The maximum absolute atomic E-state index is 13.4. The second-order valence-electron chi connectivity index (χ2n) is 5.04. The number of aryl methyl sites for hydroxylation is 1. The summed E-state index contributed by atoms with van der Waals surface area (Å²) < 4.78 is 16.0. The molecule has 128 valence electrons. The van der Waals surface area contributed by atoms with Crippen molar-refractivity contribution in [2.24, 2.45) is 0 Å². The molecule has 0 unspecified atom stereocenters. The molecule has 1 aromatic carbocycles. The van der Waals surface area contributed by atoms with Gasteiger partial charge in [0.05, 0.1) is 16.8 Å². The Bertz CT molecular complexity index is 948. The molecule has 0 bridgehead atoms. The molecule has 0 aliphatic rings. The normalized spacial score (nSPS) is 10.6. The van der Waals surface area contributed by atoms with E-state index in [0.717, 1.165) is 0 Å². The molecule has 2 aromatic heterocycles. The third-order valence-electron chi connectivity index (χ3n) is 3.42. The molecule has 0 aliphatic carbocycles. The fourth-order valence-corrected chi connectivity index (χ4v) is 2.26. The Labute approximate surface area is 140 Å². The van der Waals surface area contributed by atoms with Crippen LogP contribution < -0.4 is 5.32 Å². The van der Waals surface area contributed by atoms with E-state index in [1.165, 1.54) is 46.0 Å². The lowest BCUT2D eigenvalue weighted by Crippen LogP contribution is -2.17. The number of nitrogens with one attached hydrogen (secondary N) is 1. The van der Waals surface area contributed by atoms with Crippen molar-refractivity contribution in [3.63, 3.8) is 0 Å². The molecule has 3 aromatic rings. The van der Waals surface area contributed by atoms with Gasteiger partial charge in [-0.1, -0.05) is 6.07 Å². The van der Waals surface area contributed by atoms with Crippen LogP contribution in [0.25, 0.3) is 5.69 Å². The number of aromatic nitrogens is 4. The Balaban J connectivity index is 1.92. The van der Waals surface area contributed by atoms with Crippen LogP contribution >= 0.6 is 0 Å². The van der Waals surface area contributed by atoms with Gasteiger partial charge in [0.2, 0.25) is 5.69 Å². The van der Waals surface area contributed by atoms with Crippen molar-refractivity contribution in [1.29, 1.82) is 0 Å². The molecule has 0 saturated heterocycles. The van der Waals surface area contributed by atoms with Gasteiger partial charge in [0, 0.05) is 12.6 Å². The lowest BCUT2D eigenvalue weighted by Gasteiger charge is -2.08. The van der Waals surface area contributed by atoms with Crippen LogP contribution in [0.1, 0.15) is 17.4 Å².